The van der Waals surface area contributed by atoms with Crippen LogP contribution in [0, 0.1) is 4.64 Å². The molecule has 0 amide bonds. The van der Waals surface area contributed by atoms with E-state index in [2.05, 4.69) is 31.6 Å². The highest BCUT2D eigenvalue weighted by Crippen LogP contribution is 2.25. The Hall–Kier alpha value is -2.78. The molecule has 0 radical (unpaired) electrons. The zero-order chi connectivity index (χ0) is 22.7. The molecular formula is C22H13BrCl2N4O2S. The van der Waals surface area contributed by atoms with Crippen LogP contribution in [0.5, 0.6) is 0 Å². The van der Waals surface area contributed by atoms with Gasteiger partial charge in [0.05, 0.1) is 10.7 Å². The zero-order valence-corrected chi connectivity index (χ0v) is 20.0. The zero-order valence-electron chi connectivity index (χ0n) is 16.1. The average Bonchev–Trinajstić information content (AvgIpc) is 2.79. The van der Waals surface area contributed by atoms with Gasteiger partial charge in [-0.05, 0) is 48.5 Å². The smallest absolute Gasteiger partial charge is 0.279 e. The summed E-state index contributed by atoms with van der Waals surface area (Å²) in [6.07, 6.45) is 0. The number of carbonyl (C=O) groups excluding carboxylic acids is 1. The van der Waals surface area contributed by atoms with Crippen molar-refractivity contribution >= 4 is 62.9 Å². The van der Waals surface area contributed by atoms with Gasteiger partial charge in [0.2, 0.25) is 5.89 Å². The first-order valence-corrected chi connectivity index (χ1v) is 11.1. The van der Waals surface area contributed by atoms with Gasteiger partial charge in [0, 0.05) is 20.6 Å². The summed E-state index contributed by atoms with van der Waals surface area (Å²) < 4.78 is 7.76. The minimum Gasteiger partial charge on any atom is -0.414 e. The molecule has 6 nitrogen and oxygen atoms in total. The number of anilines is 1. The van der Waals surface area contributed by atoms with E-state index in [1.807, 2.05) is 18.2 Å². The Kier molecular flexibility index (Phi) is 6.86. The summed E-state index contributed by atoms with van der Waals surface area (Å²) in [5, 5.41) is 9.44. The Bertz CT molecular complexity index is 1440. The van der Waals surface area contributed by atoms with Gasteiger partial charge in [-0.2, -0.15) is 4.68 Å². The highest BCUT2D eigenvalue weighted by molar-refractivity contribution is 9.10. The van der Waals surface area contributed by atoms with E-state index < -0.39 is 5.91 Å². The summed E-state index contributed by atoms with van der Waals surface area (Å²) in [6, 6.07) is 20.9. The first-order valence-electron chi connectivity index (χ1n) is 9.17. The van der Waals surface area contributed by atoms with E-state index >= 15 is 0 Å². The van der Waals surface area contributed by atoms with Crippen molar-refractivity contribution < 1.29 is 9.21 Å². The third kappa shape index (κ3) is 4.99. The van der Waals surface area contributed by atoms with Crippen LogP contribution < -0.4 is 11.0 Å². The third-order valence-electron chi connectivity index (χ3n) is 4.25. The first-order chi connectivity index (χ1) is 15.4. The van der Waals surface area contributed by atoms with Gasteiger partial charge in [-0.25, -0.2) is 0 Å². The van der Waals surface area contributed by atoms with Gasteiger partial charge in [0.25, 0.3) is 11.5 Å². The summed E-state index contributed by atoms with van der Waals surface area (Å²) in [5.41, 5.74) is 4.33. The van der Waals surface area contributed by atoms with Crippen molar-refractivity contribution in [2.45, 2.75) is 0 Å². The number of benzene rings is 3. The molecule has 4 aromatic rings. The average molecular weight is 548 g/mol. The Balaban J connectivity index is 1.87. The number of carbonyl (C=O) groups is 1. The van der Waals surface area contributed by atoms with Crippen LogP contribution in [-0.4, -0.2) is 15.7 Å². The maximum atomic E-state index is 13.1. The fraction of sp³-hybridized carbons (Fsp3) is 0. The highest BCUT2D eigenvalue weighted by Gasteiger charge is 2.15. The van der Waals surface area contributed by atoms with Crippen molar-refractivity contribution in [3.05, 3.63) is 103 Å². The molecular weight excluding hydrogens is 535 g/mol. The molecule has 4 rings (SSSR count). The van der Waals surface area contributed by atoms with Gasteiger partial charge >= 0.3 is 0 Å². The van der Waals surface area contributed by atoms with Crippen molar-refractivity contribution in [1.82, 2.24) is 9.78 Å². The lowest BCUT2D eigenvalue weighted by Gasteiger charge is -2.08. The summed E-state index contributed by atoms with van der Waals surface area (Å²) in [6.45, 7) is 0. The van der Waals surface area contributed by atoms with Gasteiger partial charge in [-0.3, -0.25) is 10.2 Å². The third-order valence-corrected chi connectivity index (χ3v) is 5.64. The Morgan fingerprint density at radius 1 is 1.06 bits per heavy atom. The molecule has 32 heavy (non-hydrogen) atoms. The second kappa shape index (κ2) is 9.79. The lowest BCUT2D eigenvalue weighted by molar-refractivity contribution is 0.0936. The molecule has 0 fully saturated rings. The van der Waals surface area contributed by atoms with Crippen LogP contribution in [0.25, 0.3) is 11.5 Å². The second-order valence-electron chi connectivity index (χ2n) is 6.46. The van der Waals surface area contributed by atoms with Crippen LogP contribution in [0.3, 0.4) is 0 Å². The highest BCUT2D eigenvalue weighted by atomic mass is 79.9. The Morgan fingerprint density at radius 3 is 2.56 bits per heavy atom. The van der Waals surface area contributed by atoms with Crippen LogP contribution in [0.2, 0.25) is 10.0 Å². The molecule has 0 unspecified atom stereocenters. The number of rotatable bonds is 4. The molecule has 1 aromatic heterocycles. The minimum absolute atomic E-state index is 0.00446. The number of hydrogen-bond acceptors (Lipinski definition) is 6. The molecule has 0 saturated heterocycles. The van der Waals surface area contributed by atoms with Crippen molar-refractivity contribution in [1.29, 1.82) is 0 Å². The molecule has 0 aliphatic heterocycles. The van der Waals surface area contributed by atoms with Gasteiger partial charge in [-0.1, -0.05) is 75.6 Å². The number of halogens is 3. The number of nitrogens with one attached hydrogen (secondary N) is 1. The van der Waals surface area contributed by atoms with E-state index in [9.17, 15) is 4.79 Å². The lowest BCUT2D eigenvalue weighted by Crippen LogP contribution is -2.24. The molecule has 10 heteroatoms. The molecule has 160 valence electrons. The predicted octanol–water partition coefficient (Wildman–Crippen LogP) is 6.56. The van der Waals surface area contributed by atoms with E-state index in [0.717, 1.165) is 9.15 Å². The molecule has 3 aromatic carbocycles. The summed E-state index contributed by atoms with van der Waals surface area (Å²) in [4.78, 5) is 13.1. The van der Waals surface area contributed by atoms with E-state index in [0.29, 0.717) is 26.9 Å². The fourth-order valence-corrected chi connectivity index (χ4v) is 3.78. The molecule has 1 heterocycles. The van der Waals surface area contributed by atoms with Gasteiger partial charge in [0.1, 0.15) is 0 Å². The van der Waals surface area contributed by atoms with Crippen LogP contribution in [0.15, 0.2) is 86.8 Å². The minimum atomic E-state index is -0.413. The maximum Gasteiger partial charge on any atom is 0.279 e. The molecule has 0 atom stereocenters. The van der Waals surface area contributed by atoms with Crippen molar-refractivity contribution in [3.8, 4) is 11.5 Å². The topological polar surface area (TPSA) is 72.4 Å². The van der Waals surface area contributed by atoms with Crippen LogP contribution in [-0.2, 0) is 0 Å². The number of nitrogens with zero attached hydrogens (tertiary/aromatic N) is 3. The fourth-order valence-electron chi connectivity index (χ4n) is 2.72. The summed E-state index contributed by atoms with van der Waals surface area (Å²) in [7, 11) is 0. The molecule has 0 aliphatic rings. The van der Waals surface area contributed by atoms with Crippen LogP contribution >= 0.6 is 51.3 Å². The SMILES string of the molecule is O=C(c1ccccc1)n1nc(-c2cccc(Br)c2)o/c(=N/Nc2ccc(Cl)cc2Cl)c1=S. The standard InChI is InChI=1S/C22H13BrCl2N4O2S/c23-15-8-4-7-14(11-15)19-28-29(21(30)13-5-2-1-3-6-13)22(32)20(31-19)27-26-18-10-9-16(24)12-17(18)25/h1-12,26H/b27-20+. The van der Waals surface area contributed by atoms with E-state index in [1.165, 1.54) is 0 Å². The van der Waals surface area contributed by atoms with Crippen LogP contribution in [0.4, 0.5) is 5.69 Å². The predicted molar refractivity (Wildman–Crippen MR) is 130 cm³/mol. The van der Waals surface area contributed by atoms with Crippen molar-refractivity contribution in [2.24, 2.45) is 5.10 Å². The molecule has 0 bridgehead atoms. The molecule has 0 spiro atoms. The van der Waals surface area contributed by atoms with E-state index in [-0.39, 0.29) is 16.1 Å². The Labute approximate surface area is 206 Å². The summed E-state index contributed by atoms with van der Waals surface area (Å²) in [5.74, 6) is -0.254. The van der Waals surface area contributed by atoms with Gasteiger partial charge in [0.15, 0.2) is 4.64 Å². The number of aromatic nitrogens is 2. The second-order valence-corrected chi connectivity index (χ2v) is 8.60. The maximum absolute atomic E-state index is 13.1. The van der Waals surface area contributed by atoms with E-state index in [1.54, 1.807) is 54.6 Å². The Morgan fingerprint density at radius 2 is 1.84 bits per heavy atom. The van der Waals surface area contributed by atoms with Crippen molar-refractivity contribution in [2.75, 3.05) is 5.43 Å². The van der Waals surface area contributed by atoms with E-state index in [4.69, 9.17) is 39.8 Å². The van der Waals surface area contributed by atoms with Crippen LogP contribution in [0.1, 0.15) is 10.4 Å². The number of hydrogen-bond donors (Lipinski definition) is 1. The lowest BCUT2D eigenvalue weighted by atomic mass is 10.2. The molecule has 1 N–H and O–H groups in total. The van der Waals surface area contributed by atoms with Crippen molar-refractivity contribution in [3.63, 3.8) is 0 Å². The van der Waals surface area contributed by atoms with Gasteiger partial charge in [-0.15, -0.1) is 10.2 Å². The summed E-state index contributed by atoms with van der Waals surface area (Å²) >= 11 is 21.0. The monoisotopic (exact) mass is 546 g/mol. The molecule has 0 saturated carbocycles. The quantitative estimate of drug-likeness (QED) is 0.231. The normalized spacial score (nSPS) is 11.4. The molecule has 0 aliphatic carbocycles. The first kappa shape index (κ1) is 22.4. The largest absolute Gasteiger partial charge is 0.414 e. The van der Waals surface area contributed by atoms with Gasteiger partial charge < -0.3 is 4.42 Å².